The second-order valence-corrected chi connectivity index (χ2v) is 9.40. The summed E-state index contributed by atoms with van der Waals surface area (Å²) in [6.45, 7) is 4.40. The Bertz CT molecular complexity index is 875. The highest BCUT2D eigenvalue weighted by Crippen LogP contribution is 2.20. The van der Waals surface area contributed by atoms with Crippen molar-refractivity contribution in [3.05, 3.63) is 69.7 Å². The van der Waals surface area contributed by atoms with Gasteiger partial charge in [-0.2, -0.15) is 0 Å². The number of carbonyl (C=O) groups excluding carboxylic acids is 2. The van der Waals surface area contributed by atoms with Crippen molar-refractivity contribution < 1.29 is 9.59 Å². The van der Waals surface area contributed by atoms with E-state index in [1.807, 2.05) is 31.2 Å². The van der Waals surface area contributed by atoms with E-state index < -0.39 is 6.04 Å². The Hall–Kier alpha value is -2.14. The molecule has 2 amide bonds. The number of nitrogens with zero attached hydrogens (tertiary/aromatic N) is 1. The summed E-state index contributed by atoms with van der Waals surface area (Å²) in [5.41, 5.74) is 3.45. The van der Waals surface area contributed by atoms with Gasteiger partial charge in [0.2, 0.25) is 11.8 Å². The Labute approximate surface area is 194 Å². The van der Waals surface area contributed by atoms with Crippen LogP contribution < -0.4 is 5.32 Å². The first kappa shape index (κ1) is 23.5. The van der Waals surface area contributed by atoms with Gasteiger partial charge >= 0.3 is 0 Å². The molecule has 31 heavy (non-hydrogen) atoms. The van der Waals surface area contributed by atoms with Gasteiger partial charge in [-0.05, 0) is 61.4 Å². The maximum atomic E-state index is 13.2. The number of nitrogens with one attached hydrogen (secondary N) is 1. The molecule has 1 aliphatic carbocycles. The standard InChI is InChI=1S/C26H33BrN2O2/c1-3-20-11-13-21(14-12-20)15-16-25(30)29(18-22-7-6-8-23(27)17-22)19(2)26(31)28-24-9-4-5-10-24/h6-8,11-14,17,19,24H,3-5,9-10,15-16,18H2,1-2H3,(H,28,31)/t19-/m1/s1. The third kappa shape index (κ3) is 6.93. The predicted octanol–water partition coefficient (Wildman–Crippen LogP) is 5.42. The molecule has 2 aromatic rings. The maximum absolute atomic E-state index is 13.2. The van der Waals surface area contributed by atoms with Crippen molar-refractivity contribution in [1.82, 2.24) is 10.2 Å². The van der Waals surface area contributed by atoms with Crippen molar-refractivity contribution >= 4 is 27.7 Å². The lowest BCUT2D eigenvalue weighted by Gasteiger charge is -2.30. The van der Waals surface area contributed by atoms with Gasteiger partial charge < -0.3 is 10.2 Å². The van der Waals surface area contributed by atoms with Crippen molar-refractivity contribution in [3.8, 4) is 0 Å². The van der Waals surface area contributed by atoms with Crippen molar-refractivity contribution in [2.45, 2.75) is 77.4 Å². The molecule has 0 aromatic heterocycles. The zero-order valence-electron chi connectivity index (χ0n) is 18.6. The molecule has 0 spiro atoms. The van der Waals surface area contributed by atoms with Crippen molar-refractivity contribution in [3.63, 3.8) is 0 Å². The van der Waals surface area contributed by atoms with Gasteiger partial charge in [0.1, 0.15) is 6.04 Å². The molecule has 2 aromatic carbocycles. The maximum Gasteiger partial charge on any atom is 0.242 e. The number of amides is 2. The van der Waals surface area contributed by atoms with Gasteiger partial charge in [-0.25, -0.2) is 0 Å². The number of hydrogen-bond donors (Lipinski definition) is 1. The van der Waals surface area contributed by atoms with E-state index in [2.05, 4.69) is 52.4 Å². The van der Waals surface area contributed by atoms with Crippen LogP contribution in [0.2, 0.25) is 0 Å². The third-order valence-electron chi connectivity index (χ3n) is 6.17. The molecule has 1 atom stereocenters. The highest BCUT2D eigenvalue weighted by molar-refractivity contribution is 9.10. The summed E-state index contributed by atoms with van der Waals surface area (Å²) in [6, 6.07) is 16.1. The van der Waals surface area contributed by atoms with Crippen LogP contribution in [0.3, 0.4) is 0 Å². The minimum atomic E-state index is -0.505. The molecule has 1 aliphatic rings. The van der Waals surface area contributed by atoms with Crippen molar-refractivity contribution in [2.24, 2.45) is 0 Å². The lowest BCUT2D eigenvalue weighted by atomic mass is 10.0. The Morgan fingerprint density at radius 1 is 1.06 bits per heavy atom. The first-order valence-corrected chi connectivity index (χ1v) is 12.2. The zero-order chi connectivity index (χ0) is 22.2. The van der Waals surface area contributed by atoms with E-state index in [9.17, 15) is 9.59 Å². The number of hydrogen-bond acceptors (Lipinski definition) is 2. The van der Waals surface area contributed by atoms with Gasteiger partial charge in [0, 0.05) is 23.5 Å². The minimum absolute atomic E-state index is 0.00798. The summed E-state index contributed by atoms with van der Waals surface area (Å²) < 4.78 is 0.969. The van der Waals surface area contributed by atoms with E-state index in [-0.39, 0.29) is 17.9 Å². The summed E-state index contributed by atoms with van der Waals surface area (Å²) in [7, 11) is 0. The molecule has 1 N–H and O–H groups in total. The van der Waals surface area contributed by atoms with Crippen LogP contribution in [-0.4, -0.2) is 28.8 Å². The molecule has 0 aliphatic heterocycles. The molecule has 166 valence electrons. The van der Waals surface area contributed by atoms with Crippen molar-refractivity contribution in [1.29, 1.82) is 0 Å². The monoisotopic (exact) mass is 484 g/mol. The van der Waals surface area contributed by atoms with Crippen LogP contribution in [-0.2, 0) is 29.0 Å². The number of aryl methyl sites for hydroxylation is 2. The van der Waals surface area contributed by atoms with Crippen LogP contribution in [0.1, 0.15) is 62.6 Å². The predicted molar refractivity (Wildman–Crippen MR) is 129 cm³/mol. The second kappa shape index (κ2) is 11.5. The third-order valence-corrected chi connectivity index (χ3v) is 6.66. The molecule has 1 fully saturated rings. The topological polar surface area (TPSA) is 49.4 Å². The Kier molecular flexibility index (Phi) is 8.70. The Balaban J connectivity index is 1.69. The lowest BCUT2D eigenvalue weighted by molar-refractivity contribution is -0.140. The number of carbonyl (C=O) groups is 2. The largest absolute Gasteiger partial charge is 0.352 e. The summed E-state index contributed by atoms with van der Waals surface area (Å²) in [5, 5.41) is 3.16. The average Bonchev–Trinajstić information content (AvgIpc) is 3.28. The van der Waals surface area contributed by atoms with E-state index in [0.29, 0.717) is 19.4 Å². The first-order chi connectivity index (χ1) is 15.0. The van der Waals surface area contributed by atoms with E-state index in [0.717, 1.165) is 47.7 Å². The number of rotatable bonds is 9. The van der Waals surface area contributed by atoms with E-state index in [1.54, 1.807) is 4.90 Å². The summed E-state index contributed by atoms with van der Waals surface area (Å²) >= 11 is 3.50. The SMILES string of the molecule is CCc1ccc(CCC(=O)N(Cc2cccc(Br)c2)[C@H](C)C(=O)NC2CCCC2)cc1. The molecule has 3 rings (SSSR count). The molecular weight excluding hydrogens is 452 g/mol. The summed E-state index contributed by atoms with van der Waals surface area (Å²) in [5.74, 6) is -0.0452. The van der Waals surface area contributed by atoms with Crippen molar-refractivity contribution in [2.75, 3.05) is 0 Å². The van der Waals surface area contributed by atoms with Gasteiger partial charge in [0.05, 0.1) is 0 Å². The zero-order valence-corrected chi connectivity index (χ0v) is 20.2. The molecule has 0 radical (unpaired) electrons. The highest BCUT2D eigenvalue weighted by atomic mass is 79.9. The fourth-order valence-electron chi connectivity index (χ4n) is 4.14. The Morgan fingerprint density at radius 3 is 2.39 bits per heavy atom. The van der Waals surface area contributed by atoms with Crippen LogP contribution in [0.5, 0.6) is 0 Å². The van der Waals surface area contributed by atoms with Crippen LogP contribution in [0.4, 0.5) is 0 Å². The fourth-order valence-corrected chi connectivity index (χ4v) is 4.59. The molecule has 0 bridgehead atoms. The van der Waals surface area contributed by atoms with Gasteiger partial charge in [0.25, 0.3) is 0 Å². The van der Waals surface area contributed by atoms with Crippen LogP contribution in [0.15, 0.2) is 53.0 Å². The quantitative estimate of drug-likeness (QED) is 0.516. The Morgan fingerprint density at radius 2 is 1.74 bits per heavy atom. The fraction of sp³-hybridized carbons (Fsp3) is 0.462. The molecule has 5 heteroatoms. The lowest BCUT2D eigenvalue weighted by Crippen LogP contribution is -2.49. The van der Waals surface area contributed by atoms with E-state index in [4.69, 9.17) is 0 Å². The molecule has 4 nitrogen and oxygen atoms in total. The number of benzene rings is 2. The molecule has 0 saturated heterocycles. The second-order valence-electron chi connectivity index (χ2n) is 8.49. The van der Waals surface area contributed by atoms with Gasteiger partial charge in [-0.3, -0.25) is 9.59 Å². The van der Waals surface area contributed by atoms with E-state index in [1.165, 1.54) is 5.56 Å². The van der Waals surface area contributed by atoms with E-state index >= 15 is 0 Å². The molecular formula is C26H33BrN2O2. The van der Waals surface area contributed by atoms with Crippen LogP contribution in [0.25, 0.3) is 0 Å². The van der Waals surface area contributed by atoms with Gasteiger partial charge in [-0.1, -0.05) is 72.1 Å². The van der Waals surface area contributed by atoms with Crippen LogP contribution in [0, 0.1) is 0 Å². The van der Waals surface area contributed by atoms with Crippen LogP contribution >= 0.6 is 15.9 Å². The van der Waals surface area contributed by atoms with Gasteiger partial charge in [-0.15, -0.1) is 0 Å². The average molecular weight is 485 g/mol. The normalized spacial score (nSPS) is 14.9. The summed E-state index contributed by atoms with van der Waals surface area (Å²) in [6.07, 6.45) is 6.47. The summed E-state index contributed by atoms with van der Waals surface area (Å²) in [4.78, 5) is 27.9. The first-order valence-electron chi connectivity index (χ1n) is 11.4. The smallest absolute Gasteiger partial charge is 0.242 e. The molecule has 0 unspecified atom stereocenters. The minimum Gasteiger partial charge on any atom is -0.352 e. The van der Waals surface area contributed by atoms with Gasteiger partial charge in [0.15, 0.2) is 0 Å². The highest BCUT2D eigenvalue weighted by Gasteiger charge is 2.28. The molecule has 0 heterocycles. The molecule has 1 saturated carbocycles. The number of halogens is 1.